The maximum Gasteiger partial charge on any atom is 0.337 e. The molecule has 5 nitrogen and oxygen atoms in total. The van der Waals surface area contributed by atoms with E-state index in [2.05, 4.69) is 4.74 Å². The number of hydrogen-bond acceptors (Lipinski definition) is 4. The van der Waals surface area contributed by atoms with E-state index in [0.29, 0.717) is 11.1 Å². The van der Waals surface area contributed by atoms with Gasteiger partial charge in [0, 0.05) is 19.8 Å². The molecule has 0 fully saturated rings. The largest absolute Gasteiger partial charge is 0.481 e. The first-order chi connectivity index (χ1) is 7.95. The van der Waals surface area contributed by atoms with Crippen molar-refractivity contribution in [3.63, 3.8) is 0 Å². The van der Waals surface area contributed by atoms with Gasteiger partial charge in [-0.05, 0) is 23.8 Å². The van der Waals surface area contributed by atoms with Gasteiger partial charge in [0.05, 0.1) is 19.1 Å². The van der Waals surface area contributed by atoms with Crippen molar-refractivity contribution in [1.29, 1.82) is 0 Å². The van der Waals surface area contributed by atoms with Crippen molar-refractivity contribution in [1.82, 2.24) is 0 Å². The molecule has 0 spiro atoms. The molecule has 0 bridgehead atoms. The lowest BCUT2D eigenvalue weighted by Gasteiger charge is -2.17. The van der Waals surface area contributed by atoms with Gasteiger partial charge in [-0.15, -0.1) is 0 Å². The van der Waals surface area contributed by atoms with Crippen molar-refractivity contribution in [3.8, 4) is 0 Å². The third kappa shape index (κ3) is 3.21. The maximum atomic E-state index is 11.3. The zero-order chi connectivity index (χ0) is 13.0. The molecule has 0 amide bonds. The Balaban J connectivity index is 3.18. The topological polar surface area (TPSA) is 66.8 Å². The number of methoxy groups -OCH3 is 1. The van der Waals surface area contributed by atoms with E-state index in [0.717, 1.165) is 5.69 Å². The Kier molecular flexibility index (Phi) is 4.09. The molecular weight excluding hydrogens is 222 g/mol. The van der Waals surface area contributed by atoms with E-state index in [1.807, 2.05) is 14.1 Å². The zero-order valence-corrected chi connectivity index (χ0v) is 10.1. The number of carbonyl (C=O) groups is 2. The highest BCUT2D eigenvalue weighted by atomic mass is 16.5. The molecule has 5 heteroatoms. The lowest BCUT2D eigenvalue weighted by Crippen LogP contribution is -2.14. The minimum atomic E-state index is -0.935. The predicted molar refractivity (Wildman–Crippen MR) is 63.4 cm³/mol. The Morgan fingerprint density at radius 3 is 2.47 bits per heavy atom. The van der Waals surface area contributed by atoms with Crippen LogP contribution in [0.2, 0.25) is 0 Å². The maximum absolute atomic E-state index is 11.3. The highest BCUT2D eigenvalue weighted by Gasteiger charge is 2.13. The molecule has 1 aromatic rings. The fraction of sp³-hybridized carbons (Fsp3) is 0.333. The number of ether oxygens (including phenoxy) is 1. The zero-order valence-electron chi connectivity index (χ0n) is 10.1. The van der Waals surface area contributed by atoms with Gasteiger partial charge in [-0.1, -0.05) is 0 Å². The molecule has 92 valence electrons. The number of aliphatic carboxylic acids is 1. The lowest BCUT2D eigenvalue weighted by molar-refractivity contribution is -0.136. The van der Waals surface area contributed by atoms with Crippen LogP contribution in [-0.4, -0.2) is 38.3 Å². The summed E-state index contributed by atoms with van der Waals surface area (Å²) in [5.74, 6) is -1.41. The molecule has 0 unspecified atom stereocenters. The first kappa shape index (κ1) is 13.0. The third-order valence-corrected chi connectivity index (χ3v) is 2.32. The van der Waals surface area contributed by atoms with Crippen LogP contribution in [-0.2, 0) is 16.0 Å². The number of carboxylic acids is 1. The van der Waals surface area contributed by atoms with Crippen LogP contribution in [0, 0.1) is 0 Å². The smallest absolute Gasteiger partial charge is 0.337 e. The quantitative estimate of drug-likeness (QED) is 0.796. The van der Waals surface area contributed by atoms with Crippen molar-refractivity contribution < 1.29 is 19.4 Å². The van der Waals surface area contributed by atoms with Gasteiger partial charge in [0.25, 0.3) is 0 Å². The fourth-order valence-corrected chi connectivity index (χ4v) is 1.57. The number of esters is 1. The second-order valence-corrected chi connectivity index (χ2v) is 3.80. The first-order valence-corrected chi connectivity index (χ1v) is 5.06. The van der Waals surface area contributed by atoms with Crippen molar-refractivity contribution in [2.45, 2.75) is 6.42 Å². The van der Waals surface area contributed by atoms with Crippen molar-refractivity contribution >= 4 is 17.6 Å². The molecule has 0 radical (unpaired) electrons. The van der Waals surface area contributed by atoms with Crippen LogP contribution in [0.25, 0.3) is 0 Å². The summed E-state index contributed by atoms with van der Waals surface area (Å²) < 4.78 is 4.60. The van der Waals surface area contributed by atoms with Gasteiger partial charge in [0.2, 0.25) is 0 Å². The normalized spacial score (nSPS) is 9.82. The van der Waals surface area contributed by atoms with Crippen LogP contribution in [0.4, 0.5) is 5.69 Å². The molecule has 0 aromatic heterocycles. The number of rotatable bonds is 4. The molecule has 17 heavy (non-hydrogen) atoms. The Morgan fingerprint density at radius 1 is 1.35 bits per heavy atom. The molecule has 0 saturated heterocycles. The van der Waals surface area contributed by atoms with Gasteiger partial charge in [-0.3, -0.25) is 4.79 Å². The number of hydrogen-bond donors (Lipinski definition) is 1. The van der Waals surface area contributed by atoms with Crippen LogP contribution < -0.4 is 4.90 Å². The minimum Gasteiger partial charge on any atom is -0.481 e. The second-order valence-electron chi connectivity index (χ2n) is 3.80. The fourth-order valence-electron chi connectivity index (χ4n) is 1.57. The molecule has 0 aliphatic carbocycles. The van der Waals surface area contributed by atoms with Crippen LogP contribution in [0.3, 0.4) is 0 Å². The summed E-state index contributed by atoms with van der Waals surface area (Å²) in [5.41, 5.74) is 1.72. The third-order valence-electron chi connectivity index (χ3n) is 2.32. The van der Waals surface area contributed by atoms with Crippen molar-refractivity contribution in [3.05, 3.63) is 29.3 Å². The average Bonchev–Trinajstić information content (AvgIpc) is 2.26. The van der Waals surface area contributed by atoms with E-state index < -0.39 is 11.9 Å². The number of carbonyl (C=O) groups excluding carboxylic acids is 1. The van der Waals surface area contributed by atoms with Crippen molar-refractivity contribution in [2.24, 2.45) is 0 Å². The van der Waals surface area contributed by atoms with Crippen LogP contribution in [0.1, 0.15) is 15.9 Å². The Labute approximate surface area is 99.6 Å². The summed E-state index contributed by atoms with van der Waals surface area (Å²) >= 11 is 0. The van der Waals surface area contributed by atoms with Gasteiger partial charge in [0.1, 0.15) is 0 Å². The van der Waals surface area contributed by atoms with E-state index in [4.69, 9.17) is 5.11 Å². The monoisotopic (exact) mass is 237 g/mol. The van der Waals surface area contributed by atoms with Crippen LogP contribution in [0.15, 0.2) is 18.2 Å². The summed E-state index contributed by atoms with van der Waals surface area (Å²) in [4.78, 5) is 23.9. The second kappa shape index (κ2) is 5.34. The molecule has 0 saturated carbocycles. The molecule has 0 aliphatic rings. The molecule has 1 N–H and O–H groups in total. The van der Waals surface area contributed by atoms with Gasteiger partial charge >= 0.3 is 11.9 Å². The number of anilines is 1. The predicted octanol–water partition coefficient (Wildman–Crippen LogP) is 1.17. The molecule has 1 rings (SSSR count). The van der Waals surface area contributed by atoms with E-state index in [1.165, 1.54) is 7.11 Å². The Morgan fingerprint density at radius 2 is 2.00 bits per heavy atom. The highest BCUT2D eigenvalue weighted by Crippen LogP contribution is 2.21. The molecule has 1 aromatic carbocycles. The average molecular weight is 237 g/mol. The van der Waals surface area contributed by atoms with Gasteiger partial charge < -0.3 is 14.7 Å². The number of carboxylic acid groups (broad SMARTS) is 1. The molecular formula is C12H15NO4. The Hall–Kier alpha value is -2.04. The first-order valence-electron chi connectivity index (χ1n) is 5.06. The molecule has 0 atom stereocenters. The van der Waals surface area contributed by atoms with Crippen molar-refractivity contribution in [2.75, 3.05) is 26.1 Å². The molecule has 0 aliphatic heterocycles. The SMILES string of the molecule is COC(=O)c1ccc(N(C)C)c(CC(=O)O)c1. The summed E-state index contributed by atoms with van der Waals surface area (Å²) in [6.07, 6.45) is -0.127. The minimum absolute atomic E-state index is 0.127. The highest BCUT2D eigenvalue weighted by molar-refractivity contribution is 5.90. The van der Waals surface area contributed by atoms with Gasteiger partial charge in [0.15, 0.2) is 0 Å². The van der Waals surface area contributed by atoms with Gasteiger partial charge in [-0.2, -0.15) is 0 Å². The number of nitrogens with zero attached hydrogens (tertiary/aromatic N) is 1. The van der Waals surface area contributed by atoms with E-state index in [9.17, 15) is 9.59 Å². The van der Waals surface area contributed by atoms with Crippen LogP contribution >= 0.6 is 0 Å². The van der Waals surface area contributed by atoms with E-state index in [1.54, 1.807) is 23.1 Å². The number of benzene rings is 1. The Bertz CT molecular complexity index is 440. The summed E-state index contributed by atoms with van der Waals surface area (Å²) in [7, 11) is 4.93. The lowest BCUT2D eigenvalue weighted by atomic mass is 10.0. The van der Waals surface area contributed by atoms with E-state index in [-0.39, 0.29) is 6.42 Å². The molecule has 0 heterocycles. The summed E-state index contributed by atoms with van der Waals surface area (Å²) in [5, 5.41) is 8.83. The van der Waals surface area contributed by atoms with Gasteiger partial charge in [-0.25, -0.2) is 4.79 Å². The summed E-state index contributed by atoms with van der Waals surface area (Å²) in [6.45, 7) is 0. The van der Waals surface area contributed by atoms with E-state index >= 15 is 0 Å². The summed E-state index contributed by atoms with van der Waals surface area (Å²) in [6, 6.07) is 4.88. The van der Waals surface area contributed by atoms with Crippen LogP contribution in [0.5, 0.6) is 0 Å². The standard InChI is InChI=1S/C12H15NO4/c1-13(2)10-5-4-8(12(16)17-3)6-9(10)7-11(14)15/h4-6H,7H2,1-3H3,(H,14,15).